The van der Waals surface area contributed by atoms with Crippen LogP contribution in [0.2, 0.25) is 5.02 Å². The topological polar surface area (TPSA) is 23.8 Å². The molecule has 0 aliphatic rings. The number of benzene rings is 2. The predicted molar refractivity (Wildman–Crippen MR) is 99.8 cm³/mol. The maximum absolute atomic E-state index is 9.38. The van der Waals surface area contributed by atoms with E-state index in [4.69, 9.17) is 11.6 Å². The van der Waals surface area contributed by atoms with Gasteiger partial charge in [-0.2, -0.15) is 5.26 Å². The monoisotopic (exact) mass is 353 g/mol. The van der Waals surface area contributed by atoms with E-state index in [2.05, 4.69) is 12.1 Å². The molecule has 0 atom stereocenters. The number of allylic oxidation sites excluding steroid dienone is 1. The summed E-state index contributed by atoms with van der Waals surface area (Å²) in [6.07, 6.45) is 1.94. The summed E-state index contributed by atoms with van der Waals surface area (Å²) >= 11 is 9.27. The number of nitrogens with zero attached hydrogens (tertiary/aromatic N) is 1. The molecule has 1 aromatic heterocycles. The van der Waals surface area contributed by atoms with Gasteiger partial charge in [0, 0.05) is 14.8 Å². The van der Waals surface area contributed by atoms with Gasteiger partial charge in [0.05, 0.1) is 15.9 Å². The second-order valence-electron chi connectivity index (χ2n) is 4.75. The number of thiophene rings is 1. The molecule has 1 nitrogen and oxygen atoms in total. The lowest BCUT2D eigenvalue weighted by atomic mass is 10.1. The number of halogens is 1. The van der Waals surface area contributed by atoms with Crippen molar-refractivity contribution in [2.24, 2.45) is 0 Å². The van der Waals surface area contributed by atoms with Gasteiger partial charge in [-0.1, -0.05) is 53.7 Å². The fraction of sp³-hybridized carbons (Fsp3) is 0. The van der Waals surface area contributed by atoms with E-state index in [1.807, 2.05) is 66.7 Å². The van der Waals surface area contributed by atoms with Crippen LogP contribution < -0.4 is 0 Å². The summed E-state index contributed by atoms with van der Waals surface area (Å²) in [6.45, 7) is 0. The molecule has 112 valence electrons. The van der Waals surface area contributed by atoms with Crippen molar-refractivity contribution in [3.05, 3.63) is 82.2 Å². The maximum Gasteiger partial charge on any atom is 0.0998 e. The number of nitriles is 1. The largest absolute Gasteiger partial charge is 0.192 e. The van der Waals surface area contributed by atoms with Crippen LogP contribution in [0.3, 0.4) is 0 Å². The Bertz CT molecular complexity index is 858. The SMILES string of the molecule is N#C/C(=C/c1ccc(Sc2ccc(Cl)cc2)s1)c1ccccc1. The molecule has 0 radical (unpaired) electrons. The molecular weight excluding hydrogens is 342 g/mol. The molecule has 0 aliphatic heterocycles. The third kappa shape index (κ3) is 4.27. The zero-order valence-electron chi connectivity index (χ0n) is 12.1. The van der Waals surface area contributed by atoms with E-state index in [-0.39, 0.29) is 0 Å². The average molecular weight is 354 g/mol. The minimum absolute atomic E-state index is 0.676. The molecule has 0 saturated heterocycles. The molecule has 0 unspecified atom stereocenters. The molecule has 0 aliphatic carbocycles. The molecule has 0 N–H and O–H groups in total. The molecule has 0 saturated carbocycles. The first-order valence-corrected chi connectivity index (χ1v) is 8.96. The molecule has 4 heteroatoms. The molecule has 0 fully saturated rings. The lowest BCUT2D eigenvalue weighted by molar-refractivity contribution is 1.46. The van der Waals surface area contributed by atoms with E-state index >= 15 is 0 Å². The third-order valence-corrected chi connectivity index (χ3v) is 5.55. The second-order valence-corrected chi connectivity index (χ2v) is 7.67. The fourth-order valence-corrected chi connectivity index (χ4v) is 4.22. The van der Waals surface area contributed by atoms with Gasteiger partial charge in [-0.25, -0.2) is 0 Å². The van der Waals surface area contributed by atoms with Crippen LogP contribution in [0.1, 0.15) is 10.4 Å². The van der Waals surface area contributed by atoms with Gasteiger partial charge in [0.25, 0.3) is 0 Å². The first kappa shape index (κ1) is 15.9. The van der Waals surface area contributed by atoms with E-state index in [9.17, 15) is 5.26 Å². The lowest BCUT2D eigenvalue weighted by Crippen LogP contribution is -1.79. The Balaban J connectivity index is 1.80. The van der Waals surface area contributed by atoms with Crippen molar-refractivity contribution in [2.75, 3.05) is 0 Å². The zero-order valence-corrected chi connectivity index (χ0v) is 14.5. The normalized spacial score (nSPS) is 11.2. The Morgan fingerprint density at radius 2 is 1.74 bits per heavy atom. The highest BCUT2D eigenvalue weighted by molar-refractivity contribution is 8.01. The molecule has 3 rings (SSSR count). The van der Waals surface area contributed by atoms with Gasteiger partial charge in [-0.05, 0) is 48.0 Å². The highest BCUT2D eigenvalue weighted by Gasteiger charge is 2.04. The van der Waals surface area contributed by atoms with Crippen molar-refractivity contribution >= 4 is 46.3 Å². The van der Waals surface area contributed by atoms with Crippen LogP contribution in [0, 0.1) is 11.3 Å². The van der Waals surface area contributed by atoms with Gasteiger partial charge >= 0.3 is 0 Å². The van der Waals surface area contributed by atoms with Crippen molar-refractivity contribution in [1.29, 1.82) is 5.26 Å². The van der Waals surface area contributed by atoms with Crippen molar-refractivity contribution in [1.82, 2.24) is 0 Å². The molecule has 0 amide bonds. The summed E-state index contributed by atoms with van der Waals surface area (Å²) in [5.74, 6) is 0. The van der Waals surface area contributed by atoms with Crippen molar-refractivity contribution in [3.8, 4) is 6.07 Å². The van der Waals surface area contributed by atoms with Crippen LogP contribution in [-0.2, 0) is 0 Å². The Kier molecular flexibility index (Phi) is 5.19. The number of hydrogen-bond acceptors (Lipinski definition) is 3. The first-order chi connectivity index (χ1) is 11.2. The average Bonchev–Trinajstić information content (AvgIpc) is 3.03. The van der Waals surface area contributed by atoms with Gasteiger partial charge < -0.3 is 0 Å². The Morgan fingerprint density at radius 3 is 2.43 bits per heavy atom. The summed E-state index contributed by atoms with van der Waals surface area (Å²) in [5.41, 5.74) is 1.62. The second kappa shape index (κ2) is 7.52. The molecular formula is C19H12ClNS2. The highest BCUT2D eigenvalue weighted by atomic mass is 35.5. The highest BCUT2D eigenvalue weighted by Crippen LogP contribution is 2.35. The van der Waals surface area contributed by atoms with Crippen molar-refractivity contribution in [3.63, 3.8) is 0 Å². The zero-order chi connectivity index (χ0) is 16.1. The van der Waals surface area contributed by atoms with Crippen LogP contribution >= 0.6 is 34.7 Å². The third-order valence-electron chi connectivity index (χ3n) is 3.13. The number of rotatable bonds is 4. The summed E-state index contributed by atoms with van der Waals surface area (Å²) in [6, 6.07) is 23.9. The van der Waals surface area contributed by atoms with Crippen molar-refractivity contribution in [2.45, 2.75) is 9.10 Å². The van der Waals surface area contributed by atoms with E-state index in [0.29, 0.717) is 5.57 Å². The standard InChI is InChI=1S/C19H12ClNS2/c20-16-6-8-17(9-7-16)22-19-11-10-18(23-19)12-15(13-21)14-4-2-1-3-5-14/h1-12H/b15-12-. The van der Waals surface area contributed by atoms with Crippen LogP contribution in [-0.4, -0.2) is 0 Å². The van der Waals surface area contributed by atoms with Gasteiger partial charge in [0.1, 0.15) is 0 Å². The van der Waals surface area contributed by atoms with Gasteiger partial charge in [-0.15, -0.1) is 11.3 Å². The molecule has 3 aromatic rings. The summed E-state index contributed by atoms with van der Waals surface area (Å²) in [4.78, 5) is 2.22. The minimum atomic E-state index is 0.676. The van der Waals surface area contributed by atoms with Crippen LogP contribution in [0.25, 0.3) is 11.6 Å². The predicted octanol–water partition coefficient (Wildman–Crippen LogP) is 6.62. The molecule has 1 heterocycles. The van der Waals surface area contributed by atoms with E-state index in [1.54, 1.807) is 23.1 Å². The number of hydrogen-bond donors (Lipinski definition) is 0. The first-order valence-electron chi connectivity index (χ1n) is 6.95. The Hall–Kier alpha value is -1.99. The summed E-state index contributed by atoms with van der Waals surface area (Å²) < 4.78 is 1.18. The van der Waals surface area contributed by atoms with Crippen LogP contribution in [0.4, 0.5) is 0 Å². The lowest BCUT2D eigenvalue weighted by Gasteiger charge is -1.98. The molecule has 0 bridgehead atoms. The van der Waals surface area contributed by atoms with Gasteiger partial charge in [0.15, 0.2) is 0 Å². The van der Waals surface area contributed by atoms with Gasteiger partial charge in [-0.3, -0.25) is 0 Å². The Labute approximate surface area is 148 Å². The minimum Gasteiger partial charge on any atom is -0.192 e. The quantitative estimate of drug-likeness (QED) is 0.492. The maximum atomic E-state index is 9.38. The fourth-order valence-electron chi connectivity index (χ4n) is 2.03. The van der Waals surface area contributed by atoms with Crippen LogP contribution in [0.15, 0.2) is 75.8 Å². The summed E-state index contributed by atoms with van der Waals surface area (Å²) in [5, 5.41) is 10.1. The molecule has 2 aromatic carbocycles. The summed E-state index contributed by atoms with van der Waals surface area (Å²) in [7, 11) is 0. The van der Waals surface area contributed by atoms with E-state index in [1.165, 1.54) is 4.21 Å². The molecule has 23 heavy (non-hydrogen) atoms. The van der Waals surface area contributed by atoms with E-state index < -0.39 is 0 Å². The Morgan fingerprint density at radius 1 is 1.00 bits per heavy atom. The van der Waals surface area contributed by atoms with Gasteiger partial charge in [0.2, 0.25) is 0 Å². The van der Waals surface area contributed by atoms with E-state index in [0.717, 1.165) is 20.4 Å². The molecule has 0 spiro atoms. The van der Waals surface area contributed by atoms with Crippen molar-refractivity contribution < 1.29 is 0 Å². The van der Waals surface area contributed by atoms with Crippen LogP contribution in [0.5, 0.6) is 0 Å². The smallest absolute Gasteiger partial charge is 0.0998 e.